The molecule has 2 aliphatic rings. The Morgan fingerprint density at radius 2 is 1.68 bits per heavy atom. The standard InChI is InChI=1S/C21H23FN2O/c22-19-8-6-18(7-9-19)15-24-13-11-21(24)10-12-23(16-21)20(25)14-17-4-2-1-3-5-17/h1-9H,10-16H2/t21-/m1/s1. The second kappa shape index (κ2) is 6.60. The van der Waals surface area contributed by atoms with E-state index in [1.54, 1.807) is 0 Å². The van der Waals surface area contributed by atoms with Crippen molar-refractivity contribution < 1.29 is 9.18 Å². The molecule has 3 nitrogen and oxygen atoms in total. The first-order valence-corrected chi connectivity index (χ1v) is 8.96. The molecule has 1 atom stereocenters. The Morgan fingerprint density at radius 3 is 2.36 bits per heavy atom. The van der Waals surface area contributed by atoms with E-state index in [-0.39, 0.29) is 17.3 Å². The molecule has 0 saturated carbocycles. The summed E-state index contributed by atoms with van der Waals surface area (Å²) in [4.78, 5) is 17.1. The van der Waals surface area contributed by atoms with E-state index in [2.05, 4.69) is 4.90 Å². The maximum atomic E-state index is 13.1. The lowest BCUT2D eigenvalue weighted by Gasteiger charge is -2.50. The lowest BCUT2D eigenvalue weighted by atomic mass is 9.83. The van der Waals surface area contributed by atoms with Crippen LogP contribution in [0.25, 0.3) is 0 Å². The van der Waals surface area contributed by atoms with Crippen LogP contribution in [0.15, 0.2) is 54.6 Å². The van der Waals surface area contributed by atoms with Crippen LogP contribution in [0, 0.1) is 5.82 Å². The highest BCUT2D eigenvalue weighted by Gasteiger charge is 2.49. The highest BCUT2D eigenvalue weighted by molar-refractivity contribution is 5.79. The third kappa shape index (κ3) is 3.31. The maximum Gasteiger partial charge on any atom is 0.227 e. The van der Waals surface area contributed by atoms with E-state index in [4.69, 9.17) is 0 Å². The van der Waals surface area contributed by atoms with E-state index in [1.165, 1.54) is 12.1 Å². The van der Waals surface area contributed by atoms with E-state index in [9.17, 15) is 9.18 Å². The summed E-state index contributed by atoms with van der Waals surface area (Å²) in [6.07, 6.45) is 2.66. The van der Waals surface area contributed by atoms with Gasteiger partial charge in [0.2, 0.25) is 5.91 Å². The van der Waals surface area contributed by atoms with Crippen molar-refractivity contribution in [1.82, 2.24) is 9.80 Å². The summed E-state index contributed by atoms with van der Waals surface area (Å²) in [6.45, 7) is 3.55. The molecule has 2 aromatic carbocycles. The van der Waals surface area contributed by atoms with Crippen molar-refractivity contribution in [2.24, 2.45) is 0 Å². The number of nitrogens with zero attached hydrogens (tertiary/aromatic N) is 2. The fraction of sp³-hybridized carbons (Fsp3) is 0.381. The van der Waals surface area contributed by atoms with Crippen LogP contribution in [0.5, 0.6) is 0 Å². The summed E-state index contributed by atoms with van der Waals surface area (Å²) in [7, 11) is 0. The van der Waals surface area contributed by atoms with Gasteiger partial charge in [-0.25, -0.2) is 4.39 Å². The molecule has 2 fully saturated rings. The van der Waals surface area contributed by atoms with Gasteiger partial charge in [-0.15, -0.1) is 0 Å². The van der Waals surface area contributed by atoms with Gasteiger partial charge in [-0.3, -0.25) is 9.69 Å². The fourth-order valence-electron chi connectivity index (χ4n) is 4.06. The zero-order valence-corrected chi connectivity index (χ0v) is 14.3. The zero-order chi connectivity index (χ0) is 17.3. The van der Waals surface area contributed by atoms with Crippen molar-refractivity contribution in [3.63, 3.8) is 0 Å². The van der Waals surface area contributed by atoms with Gasteiger partial charge in [0.25, 0.3) is 0 Å². The van der Waals surface area contributed by atoms with Gasteiger partial charge in [-0.05, 0) is 36.1 Å². The SMILES string of the molecule is O=C(Cc1ccccc1)N1CC[C@@]2(CCN2Cc2ccc(F)cc2)C1. The molecule has 4 rings (SSSR count). The Balaban J connectivity index is 1.37. The average Bonchev–Trinajstić information content (AvgIpc) is 3.09. The number of benzene rings is 2. The second-order valence-electron chi connectivity index (χ2n) is 7.25. The molecule has 1 amide bonds. The molecule has 130 valence electrons. The van der Waals surface area contributed by atoms with Gasteiger partial charge >= 0.3 is 0 Å². The highest BCUT2D eigenvalue weighted by atomic mass is 19.1. The predicted octanol–water partition coefficient (Wildman–Crippen LogP) is 3.25. The molecule has 2 heterocycles. The molecule has 0 aromatic heterocycles. The number of hydrogen-bond donors (Lipinski definition) is 0. The lowest BCUT2D eigenvalue weighted by Crippen LogP contribution is -2.60. The number of likely N-dealkylation sites (tertiary alicyclic amines) is 2. The van der Waals surface area contributed by atoms with Crippen molar-refractivity contribution in [2.45, 2.75) is 31.3 Å². The number of hydrogen-bond acceptors (Lipinski definition) is 2. The van der Waals surface area contributed by atoms with E-state index >= 15 is 0 Å². The summed E-state index contributed by atoms with van der Waals surface area (Å²) in [6, 6.07) is 16.7. The Hall–Kier alpha value is -2.20. The van der Waals surface area contributed by atoms with E-state index in [0.29, 0.717) is 6.42 Å². The van der Waals surface area contributed by atoms with Crippen LogP contribution in [0.1, 0.15) is 24.0 Å². The smallest absolute Gasteiger partial charge is 0.227 e. The van der Waals surface area contributed by atoms with Crippen LogP contribution >= 0.6 is 0 Å². The Kier molecular flexibility index (Phi) is 4.30. The number of halogens is 1. The van der Waals surface area contributed by atoms with Crippen LogP contribution in [0.3, 0.4) is 0 Å². The normalized spacial score (nSPS) is 23.0. The van der Waals surface area contributed by atoms with Gasteiger partial charge < -0.3 is 4.90 Å². The number of carbonyl (C=O) groups excluding carboxylic acids is 1. The van der Waals surface area contributed by atoms with Crippen LogP contribution in [-0.2, 0) is 17.8 Å². The summed E-state index contributed by atoms with van der Waals surface area (Å²) >= 11 is 0. The molecular formula is C21H23FN2O. The summed E-state index contributed by atoms with van der Waals surface area (Å²) in [5, 5.41) is 0. The molecule has 2 saturated heterocycles. The molecule has 0 radical (unpaired) electrons. The van der Waals surface area contributed by atoms with Crippen LogP contribution in [-0.4, -0.2) is 40.9 Å². The minimum atomic E-state index is -0.194. The molecule has 0 bridgehead atoms. The molecule has 25 heavy (non-hydrogen) atoms. The predicted molar refractivity (Wildman–Crippen MR) is 95.5 cm³/mol. The number of amides is 1. The molecule has 2 aromatic rings. The van der Waals surface area contributed by atoms with Crippen LogP contribution in [0.2, 0.25) is 0 Å². The van der Waals surface area contributed by atoms with Crippen molar-refractivity contribution in [1.29, 1.82) is 0 Å². The van der Waals surface area contributed by atoms with Crippen LogP contribution < -0.4 is 0 Å². The van der Waals surface area contributed by atoms with Gasteiger partial charge in [-0.1, -0.05) is 42.5 Å². The topological polar surface area (TPSA) is 23.6 Å². The summed E-state index contributed by atoms with van der Waals surface area (Å²) < 4.78 is 13.1. The van der Waals surface area contributed by atoms with E-state index in [0.717, 1.165) is 50.1 Å². The number of carbonyl (C=O) groups is 1. The minimum absolute atomic E-state index is 0.126. The lowest BCUT2D eigenvalue weighted by molar-refractivity contribution is -0.130. The molecule has 0 N–H and O–H groups in total. The molecule has 4 heteroatoms. The monoisotopic (exact) mass is 338 g/mol. The average molecular weight is 338 g/mol. The van der Waals surface area contributed by atoms with E-state index < -0.39 is 0 Å². The van der Waals surface area contributed by atoms with Crippen molar-refractivity contribution in [3.8, 4) is 0 Å². The Labute approximate surface area is 148 Å². The first-order chi connectivity index (χ1) is 12.1. The van der Waals surface area contributed by atoms with Gasteiger partial charge in [0, 0.05) is 31.7 Å². The molecular weight excluding hydrogens is 315 g/mol. The first kappa shape index (κ1) is 16.3. The highest BCUT2D eigenvalue weighted by Crippen LogP contribution is 2.40. The van der Waals surface area contributed by atoms with Gasteiger partial charge in [-0.2, -0.15) is 0 Å². The third-order valence-electron chi connectivity index (χ3n) is 5.69. The third-order valence-corrected chi connectivity index (χ3v) is 5.69. The van der Waals surface area contributed by atoms with Crippen molar-refractivity contribution in [2.75, 3.05) is 19.6 Å². The second-order valence-corrected chi connectivity index (χ2v) is 7.25. The molecule has 0 aliphatic carbocycles. The minimum Gasteiger partial charge on any atom is -0.340 e. The van der Waals surface area contributed by atoms with Crippen LogP contribution in [0.4, 0.5) is 4.39 Å². The van der Waals surface area contributed by atoms with Gasteiger partial charge in [0.15, 0.2) is 0 Å². The first-order valence-electron chi connectivity index (χ1n) is 8.96. The summed E-state index contributed by atoms with van der Waals surface area (Å²) in [5.74, 6) is 0.0253. The molecule has 2 aliphatic heterocycles. The maximum absolute atomic E-state index is 13.1. The van der Waals surface area contributed by atoms with E-state index in [1.807, 2.05) is 47.4 Å². The molecule has 1 spiro atoms. The molecule has 0 unspecified atom stereocenters. The van der Waals surface area contributed by atoms with Crippen molar-refractivity contribution >= 4 is 5.91 Å². The summed E-state index contributed by atoms with van der Waals surface area (Å²) in [5.41, 5.74) is 2.33. The van der Waals surface area contributed by atoms with Crippen molar-refractivity contribution in [3.05, 3.63) is 71.5 Å². The number of rotatable bonds is 4. The van der Waals surface area contributed by atoms with Gasteiger partial charge in [0.05, 0.1) is 6.42 Å². The largest absolute Gasteiger partial charge is 0.340 e. The Bertz CT molecular complexity index is 746. The fourth-order valence-corrected chi connectivity index (χ4v) is 4.06. The Morgan fingerprint density at radius 1 is 0.960 bits per heavy atom. The quantitative estimate of drug-likeness (QED) is 0.854. The van der Waals surface area contributed by atoms with Gasteiger partial charge in [0.1, 0.15) is 5.82 Å². The zero-order valence-electron chi connectivity index (χ0n) is 14.3.